The number of carbonyl (C=O) groups excluding carboxylic acids is 1. The molecule has 0 aromatic heterocycles. The van der Waals surface area contributed by atoms with Crippen LogP contribution in [-0.4, -0.2) is 42.5 Å². The molecule has 0 spiro atoms. The monoisotopic (exact) mass is 421 g/mol. The molecule has 2 aliphatic rings. The molecule has 1 saturated heterocycles. The van der Waals surface area contributed by atoms with Gasteiger partial charge in [0.1, 0.15) is 11.5 Å². The Morgan fingerprint density at radius 3 is 2.67 bits per heavy atom. The zero-order valence-corrected chi connectivity index (χ0v) is 17.8. The van der Waals surface area contributed by atoms with E-state index < -0.39 is 0 Å². The van der Waals surface area contributed by atoms with Crippen LogP contribution in [0.1, 0.15) is 23.5 Å². The Morgan fingerprint density at radius 1 is 1.17 bits per heavy atom. The topological polar surface area (TPSA) is 65.8 Å². The largest absolute Gasteiger partial charge is 0.497 e. The first-order valence-electron chi connectivity index (χ1n) is 9.70. The summed E-state index contributed by atoms with van der Waals surface area (Å²) in [5.74, 6) is 1.73. The summed E-state index contributed by atoms with van der Waals surface area (Å²) in [5.41, 5.74) is 2.63. The second-order valence-corrected chi connectivity index (χ2v) is 8.18. The molecule has 2 aromatic rings. The van der Waals surface area contributed by atoms with E-state index in [1.807, 2.05) is 36.4 Å². The number of benzene rings is 2. The quantitative estimate of drug-likeness (QED) is 0.729. The van der Waals surface area contributed by atoms with Crippen molar-refractivity contribution in [3.05, 3.63) is 70.3 Å². The predicted octanol–water partition coefficient (Wildman–Crippen LogP) is 3.92. The van der Waals surface area contributed by atoms with Gasteiger partial charge < -0.3 is 9.47 Å². The predicted molar refractivity (Wildman–Crippen MR) is 116 cm³/mol. The Kier molecular flexibility index (Phi) is 5.98. The number of carbonyl (C=O) groups is 1. The number of allylic oxidation sites excluding steroid dienone is 1. The minimum absolute atomic E-state index is 0.0177. The molecule has 1 amide bonds. The third-order valence-electron chi connectivity index (χ3n) is 5.41. The maximum Gasteiger partial charge on any atom is 0.229 e. The van der Waals surface area contributed by atoms with Gasteiger partial charge in [0.15, 0.2) is 0 Å². The van der Waals surface area contributed by atoms with E-state index in [0.29, 0.717) is 23.7 Å². The zero-order valence-electron chi connectivity index (χ0n) is 17.0. The van der Waals surface area contributed by atoms with Crippen molar-refractivity contribution in [2.24, 2.45) is 0 Å². The molecule has 2 aliphatic heterocycles. The maximum absolute atomic E-state index is 13.1. The van der Waals surface area contributed by atoms with Crippen LogP contribution in [0.25, 0.3) is 0 Å². The Labute approximate surface area is 180 Å². The second-order valence-electron chi connectivity index (χ2n) is 7.25. The molecule has 4 rings (SSSR count). The molecule has 7 heteroatoms. The average molecular weight is 422 g/mol. The van der Waals surface area contributed by atoms with Crippen molar-refractivity contribution in [1.29, 1.82) is 5.26 Å². The molecule has 0 saturated carbocycles. The number of hydrogen-bond acceptors (Lipinski definition) is 6. The number of thioether (sulfide) groups is 1. The molecule has 0 aliphatic carbocycles. The van der Waals surface area contributed by atoms with Gasteiger partial charge in [-0.1, -0.05) is 42.1 Å². The minimum atomic E-state index is -0.341. The lowest BCUT2D eigenvalue weighted by Gasteiger charge is -2.41. The van der Waals surface area contributed by atoms with Crippen molar-refractivity contribution >= 4 is 17.7 Å². The average Bonchev–Trinajstić information content (AvgIpc) is 2.79. The number of fused-ring (bicyclic) bond motifs is 1. The minimum Gasteiger partial charge on any atom is -0.497 e. The van der Waals surface area contributed by atoms with E-state index in [2.05, 4.69) is 23.1 Å². The van der Waals surface area contributed by atoms with Crippen LogP contribution in [0, 0.1) is 11.3 Å². The molecule has 154 valence electrons. The van der Waals surface area contributed by atoms with E-state index in [1.165, 1.54) is 5.56 Å². The van der Waals surface area contributed by atoms with Crippen LogP contribution in [0.3, 0.4) is 0 Å². The summed E-state index contributed by atoms with van der Waals surface area (Å²) in [6.07, 6.45) is 0.232. The first-order chi connectivity index (χ1) is 14.6. The van der Waals surface area contributed by atoms with Gasteiger partial charge in [-0.05, 0) is 23.8 Å². The lowest BCUT2D eigenvalue weighted by Crippen LogP contribution is -2.46. The summed E-state index contributed by atoms with van der Waals surface area (Å²) in [6, 6.07) is 18.1. The normalized spacial score (nSPS) is 19.3. The molecule has 1 atom stereocenters. The maximum atomic E-state index is 13.1. The second kappa shape index (κ2) is 8.82. The molecular weight excluding hydrogens is 398 g/mol. The van der Waals surface area contributed by atoms with E-state index in [1.54, 1.807) is 30.9 Å². The Balaban J connectivity index is 1.64. The lowest BCUT2D eigenvalue weighted by atomic mass is 9.86. The summed E-state index contributed by atoms with van der Waals surface area (Å²) in [4.78, 5) is 17.1. The number of ether oxygens (including phenoxy) is 2. The number of amides is 1. The van der Waals surface area contributed by atoms with E-state index in [-0.39, 0.29) is 18.2 Å². The van der Waals surface area contributed by atoms with Gasteiger partial charge in [-0.3, -0.25) is 14.6 Å². The van der Waals surface area contributed by atoms with Gasteiger partial charge in [0, 0.05) is 24.4 Å². The van der Waals surface area contributed by atoms with E-state index in [4.69, 9.17) is 9.47 Å². The highest BCUT2D eigenvalue weighted by atomic mass is 32.2. The van der Waals surface area contributed by atoms with Gasteiger partial charge in [-0.15, -0.1) is 0 Å². The van der Waals surface area contributed by atoms with Crippen molar-refractivity contribution in [3.63, 3.8) is 0 Å². The fraction of sp³-hybridized carbons (Fsp3) is 0.304. The van der Waals surface area contributed by atoms with Crippen LogP contribution in [0.2, 0.25) is 0 Å². The highest BCUT2D eigenvalue weighted by Crippen LogP contribution is 2.45. The summed E-state index contributed by atoms with van der Waals surface area (Å²) in [7, 11) is 3.19. The van der Waals surface area contributed by atoms with Crippen molar-refractivity contribution in [2.45, 2.75) is 18.9 Å². The smallest absolute Gasteiger partial charge is 0.229 e. The van der Waals surface area contributed by atoms with Crippen molar-refractivity contribution in [1.82, 2.24) is 9.80 Å². The van der Waals surface area contributed by atoms with Crippen molar-refractivity contribution < 1.29 is 14.3 Å². The molecule has 30 heavy (non-hydrogen) atoms. The molecule has 6 nitrogen and oxygen atoms in total. The molecule has 0 radical (unpaired) electrons. The number of rotatable bonds is 5. The van der Waals surface area contributed by atoms with Gasteiger partial charge in [0.2, 0.25) is 5.91 Å². The first-order valence-corrected chi connectivity index (χ1v) is 10.7. The molecule has 0 unspecified atom stereocenters. The SMILES string of the molecule is COc1ccc(OC)c([C@H]2CC(=O)N3CN(Cc4ccccc4)CSC3=C2C#N)c1. The highest BCUT2D eigenvalue weighted by Gasteiger charge is 2.39. The zero-order chi connectivity index (χ0) is 21.1. The first kappa shape index (κ1) is 20.3. The lowest BCUT2D eigenvalue weighted by molar-refractivity contribution is -0.131. The fourth-order valence-electron chi connectivity index (χ4n) is 3.93. The van der Waals surface area contributed by atoms with Crippen LogP contribution in [0.5, 0.6) is 11.5 Å². The fourth-order valence-corrected chi connectivity index (χ4v) is 5.06. The van der Waals surface area contributed by atoms with Gasteiger partial charge in [-0.25, -0.2) is 0 Å². The highest BCUT2D eigenvalue weighted by molar-refractivity contribution is 8.03. The van der Waals surface area contributed by atoms with Crippen LogP contribution < -0.4 is 9.47 Å². The van der Waals surface area contributed by atoms with Crippen molar-refractivity contribution in [3.8, 4) is 17.6 Å². The van der Waals surface area contributed by atoms with Crippen molar-refractivity contribution in [2.75, 3.05) is 26.8 Å². The molecule has 2 aromatic carbocycles. The summed E-state index contributed by atoms with van der Waals surface area (Å²) < 4.78 is 10.9. The van der Waals surface area contributed by atoms with Crippen LogP contribution in [-0.2, 0) is 11.3 Å². The molecular formula is C23H23N3O3S. The Morgan fingerprint density at radius 2 is 1.97 bits per heavy atom. The third kappa shape index (κ3) is 3.89. The Bertz CT molecular complexity index is 1020. The number of nitriles is 1. The molecule has 2 heterocycles. The number of nitrogens with zero attached hydrogens (tertiary/aromatic N) is 3. The Hall–Kier alpha value is -2.95. The summed E-state index contributed by atoms with van der Waals surface area (Å²) >= 11 is 1.55. The van der Waals surface area contributed by atoms with Gasteiger partial charge >= 0.3 is 0 Å². The standard InChI is InChI=1S/C23H23N3O3S/c1-28-17-8-9-21(29-2)19(10-17)18-11-22(27)26-14-25(13-16-6-4-3-5-7-16)15-30-23(26)20(18)12-24/h3-10,18H,11,13-15H2,1-2H3/t18-/m1/s1. The van der Waals surface area contributed by atoms with Gasteiger partial charge in [0.25, 0.3) is 0 Å². The molecule has 0 bridgehead atoms. The number of hydrogen-bond donors (Lipinski definition) is 0. The molecule has 1 fully saturated rings. The van der Waals surface area contributed by atoms with Crippen LogP contribution in [0.15, 0.2) is 59.1 Å². The van der Waals surface area contributed by atoms with Crippen LogP contribution >= 0.6 is 11.8 Å². The summed E-state index contributed by atoms with van der Waals surface area (Å²) in [6.45, 7) is 1.25. The van der Waals surface area contributed by atoms with Gasteiger partial charge in [-0.2, -0.15) is 5.26 Å². The van der Waals surface area contributed by atoms with E-state index in [9.17, 15) is 10.1 Å². The van der Waals surface area contributed by atoms with Gasteiger partial charge in [0.05, 0.1) is 43.4 Å². The number of methoxy groups -OCH3 is 2. The van der Waals surface area contributed by atoms with E-state index >= 15 is 0 Å². The third-order valence-corrected chi connectivity index (χ3v) is 6.62. The van der Waals surface area contributed by atoms with Crippen LogP contribution in [0.4, 0.5) is 0 Å². The van der Waals surface area contributed by atoms with E-state index in [0.717, 1.165) is 23.0 Å². The summed E-state index contributed by atoms with van der Waals surface area (Å²) in [5, 5.41) is 10.8. The molecule has 0 N–H and O–H groups in total.